The Labute approximate surface area is 127 Å². The number of imidazole rings is 1. The van der Waals surface area contributed by atoms with Gasteiger partial charge in [-0.3, -0.25) is 0 Å². The Morgan fingerprint density at radius 2 is 2.24 bits per heavy atom. The van der Waals surface area contributed by atoms with Crippen molar-refractivity contribution in [3.05, 3.63) is 34.5 Å². The minimum atomic E-state index is 0.784. The lowest BCUT2D eigenvalue weighted by Crippen LogP contribution is -2.03. The molecule has 0 radical (unpaired) electrons. The summed E-state index contributed by atoms with van der Waals surface area (Å²) in [6.45, 7) is 1.80. The topological polar surface area (TPSA) is 55.6 Å². The zero-order valence-electron chi connectivity index (χ0n) is 11.7. The summed E-state index contributed by atoms with van der Waals surface area (Å²) >= 11 is 1.75. The van der Waals surface area contributed by atoms with Crippen LogP contribution in [0.1, 0.15) is 30.0 Å². The minimum Gasteiger partial charge on any atom is -0.363 e. The summed E-state index contributed by atoms with van der Waals surface area (Å²) in [4.78, 5) is 14.9. The van der Waals surface area contributed by atoms with Gasteiger partial charge in [0.1, 0.15) is 12.2 Å². The van der Waals surface area contributed by atoms with Crippen molar-refractivity contribution in [3.8, 4) is 0 Å². The highest BCUT2D eigenvalue weighted by atomic mass is 32.1. The van der Waals surface area contributed by atoms with Gasteiger partial charge in [-0.2, -0.15) is 0 Å². The van der Waals surface area contributed by atoms with Crippen LogP contribution >= 0.6 is 11.3 Å². The zero-order chi connectivity index (χ0) is 14.1. The van der Waals surface area contributed by atoms with Crippen molar-refractivity contribution >= 4 is 28.3 Å². The fourth-order valence-corrected chi connectivity index (χ4v) is 3.50. The van der Waals surface area contributed by atoms with Gasteiger partial charge < -0.3 is 9.88 Å². The molecule has 0 saturated heterocycles. The fraction of sp³-hybridized carbons (Fsp3) is 0.400. The third-order valence-electron chi connectivity index (χ3n) is 3.90. The molecule has 1 N–H and O–H groups in total. The summed E-state index contributed by atoms with van der Waals surface area (Å²) in [6.07, 6.45) is 6.38. The van der Waals surface area contributed by atoms with Gasteiger partial charge in [-0.05, 0) is 24.3 Å². The lowest BCUT2D eigenvalue weighted by atomic mass is 10.2. The first-order chi connectivity index (χ1) is 10.4. The Hall–Kier alpha value is -1.95. The summed E-state index contributed by atoms with van der Waals surface area (Å²) in [5.41, 5.74) is 1.88. The summed E-state index contributed by atoms with van der Waals surface area (Å²) < 4.78 is 2.26. The summed E-state index contributed by atoms with van der Waals surface area (Å²) in [5.74, 6) is 2.00. The van der Waals surface area contributed by atoms with E-state index in [9.17, 15) is 0 Å². The molecule has 21 heavy (non-hydrogen) atoms. The molecule has 6 heteroatoms. The average molecular weight is 299 g/mol. The van der Waals surface area contributed by atoms with Gasteiger partial charge in [-0.1, -0.05) is 12.5 Å². The number of rotatable bonds is 3. The Kier molecular flexibility index (Phi) is 3.31. The summed E-state index contributed by atoms with van der Waals surface area (Å²) in [7, 11) is 0. The number of nitrogens with one attached hydrogen (secondary N) is 1. The summed E-state index contributed by atoms with van der Waals surface area (Å²) in [6, 6.07) is 4.19. The molecule has 0 fully saturated rings. The van der Waals surface area contributed by atoms with Crippen molar-refractivity contribution in [1.82, 2.24) is 19.5 Å². The van der Waals surface area contributed by atoms with Crippen LogP contribution in [0.2, 0.25) is 0 Å². The number of fused-ring (bicyclic) bond motifs is 3. The Morgan fingerprint density at radius 1 is 1.24 bits per heavy atom. The van der Waals surface area contributed by atoms with E-state index in [1.54, 1.807) is 17.7 Å². The molecule has 3 aromatic heterocycles. The SMILES string of the molecule is c1csc(CNc2ncnc3c2nc2n3CCCCC2)c1. The zero-order valence-corrected chi connectivity index (χ0v) is 12.6. The second-order valence-corrected chi connectivity index (χ2v) is 6.35. The highest BCUT2D eigenvalue weighted by molar-refractivity contribution is 7.09. The monoisotopic (exact) mass is 299 g/mol. The van der Waals surface area contributed by atoms with Crippen molar-refractivity contribution in [1.29, 1.82) is 0 Å². The maximum Gasteiger partial charge on any atom is 0.165 e. The maximum atomic E-state index is 4.79. The summed E-state index contributed by atoms with van der Waals surface area (Å²) in [5, 5.41) is 5.49. The van der Waals surface area contributed by atoms with Gasteiger partial charge in [-0.25, -0.2) is 15.0 Å². The van der Waals surface area contributed by atoms with Gasteiger partial charge in [0, 0.05) is 17.8 Å². The third kappa shape index (κ3) is 2.40. The van der Waals surface area contributed by atoms with Crippen LogP contribution in [0.5, 0.6) is 0 Å². The number of anilines is 1. The Bertz CT molecular complexity index is 747. The van der Waals surface area contributed by atoms with E-state index in [1.165, 1.54) is 24.1 Å². The predicted molar refractivity (Wildman–Crippen MR) is 84.5 cm³/mol. The normalized spacial score (nSPS) is 14.9. The minimum absolute atomic E-state index is 0.784. The van der Waals surface area contributed by atoms with Crippen LogP contribution in [0.15, 0.2) is 23.8 Å². The molecule has 1 aliphatic rings. The third-order valence-corrected chi connectivity index (χ3v) is 4.78. The van der Waals surface area contributed by atoms with E-state index in [-0.39, 0.29) is 0 Å². The highest BCUT2D eigenvalue weighted by Crippen LogP contribution is 2.24. The van der Waals surface area contributed by atoms with Gasteiger partial charge in [0.2, 0.25) is 0 Å². The van der Waals surface area contributed by atoms with Crippen LogP contribution in [0.3, 0.4) is 0 Å². The van der Waals surface area contributed by atoms with E-state index in [0.717, 1.165) is 42.3 Å². The number of aryl methyl sites for hydroxylation is 2. The standard InChI is InChI=1S/C15H17N5S/c1-2-6-12-19-13-14(16-9-11-5-4-8-21-11)17-10-18-15(13)20(12)7-3-1/h4-5,8,10H,1-3,6-7,9H2,(H,16,17,18). The van der Waals surface area contributed by atoms with E-state index in [4.69, 9.17) is 4.98 Å². The molecule has 0 aromatic carbocycles. The second kappa shape index (κ2) is 5.44. The first-order valence-electron chi connectivity index (χ1n) is 7.38. The van der Waals surface area contributed by atoms with E-state index in [0.29, 0.717) is 0 Å². The van der Waals surface area contributed by atoms with E-state index in [2.05, 4.69) is 37.4 Å². The molecular weight excluding hydrogens is 282 g/mol. The van der Waals surface area contributed by atoms with Crippen LogP contribution in [-0.4, -0.2) is 19.5 Å². The largest absolute Gasteiger partial charge is 0.363 e. The molecule has 3 aromatic rings. The average Bonchev–Trinajstić information content (AvgIpc) is 3.08. The van der Waals surface area contributed by atoms with Crippen LogP contribution in [-0.2, 0) is 19.5 Å². The van der Waals surface area contributed by atoms with Gasteiger partial charge >= 0.3 is 0 Å². The fourth-order valence-electron chi connectivity index (χ4n) is 2.85. The first-order valence-corrected chi connectivity index (χ1v) is 8.26. The molecule has 5 nitrogen and oxygen atoms in total. The van der Waals surface area contributed by atoms with Gasteiger partial charge in [0.15, 0.2) is 17.0 Å². The molecular formula is C15H17N5S. The van der Waals surface area contributed by atoms with Crippen LogP contribution in [0.25, 0.3) is 11.2 Å². The van der Waals surface area contributed by atoms with Gasteiger partial charge in [0.25, 0.3) is 0 Å². The Balaban J connectivity index is 1.69. The van der Waals surface area contributed by atoms with Crippen LogP contribution in [0, 0.1) is 0 Å². The quantitative estimate of drug-likeness (QED) is 0.806. The predicted octanol–water partition coefficient (Wildman–Crippen LogP) is 3.23. The van der Waals surface area contributed by atoms with Gasteiger partial charge in [0.05, 0.1) is 6.54 Å². The second-order valence-electron chi connectivity index (χ2n) is 5.32. The van der Waals surface area contributed by atoms with Crippen molar-refractivity contribution < 1.29 is 0 Å². The van der Waals surface area contributed by atoms with Crippen molar-refractivity contribution in [3.63, 3.8) is 0 Å². The number of thiophene rings is 1. The van der Waals surface area contributed by atoms with Crippen LogP contribution < -0.4 is 5.32 Å². The Morgan fingerprint density at radius 3 is 3.14 bits per heavy atom. The molecule has 4 heterocycles. The highest BCUT2D eigenvalue weighted by Gasteiger charge is 2.17. The number of hydrogen-bond acceptors (Lipinski definition) is 5. The number of aromatic nitrogens is 4. The smallest absolute Gasteiger partial charge is 0.165 e. The molecule has 0 bridgehead atoms. The molecule has 0 unspecified atom stereocenters. The lowest BCUT2D eigenvalue weighted by molar-refractivity contribution is 0.643. The molecule has 4 rings (SSSR count). The maximum absolute atomic E-state index is 4.79. The van der Waals surface area contributed by atoms with Crippen molar-refractivity contribution in [2.24, 2.45) is 0 Å². The van der Waals surface area contributed by atoms with Crippen molar-refractivity contribution in [2.45, 2.75) is 38.8 Å². The number of nitrogens with zero attached hydrogens (tertiary/aromatic N) is 4. The molecule has 1 aliphatic heterocycles. The van der Waals surface area contributed by atoms with E-state index in [1.807, 2.05) is 0 Å². The van der Waals surface area contributed by atoms with E-state index >= 15 is 0 Å². The van der Waals surface area contributed by atoms with E-state index < -0.39 is 0 Å². The molecule has 0 spiro atoms. The number of hydrogen-bond donors (Lipinski definition) is 1. The van der Waals surface area contributed by atoms with Crippen molar-refractivity contribution in [2.75, 3.05) is 5.32 Å². The molecule has 0 atom stereocenters. The van der Waals surface area contributed by atoms with Crippen LogP contribution in [0.4, 0.5) is 5.82 Å². The molecule has 0 saturated carbocycles. The molecule has 0 amide bonds. The molecule has 0 aliphatic carbocycles. The first kappa shape index (κ1) is 12.8. The van der Waals surface area contributed by atoms with Gasteiger partial charge in [-0.15, -0.1) is 11.3 Å². The molecule has 108 valence electrons. The lowest BCUT2D eigenvalue weighted by Gasteiger charge is -2.05.